The van der Waals surface area contributed by atoms with Crippen molar-refractivity contribution in [2.45, 2.75) is 64.3 Å². The highest BCUT2D eigenvalue weighted by Gasteiger charge is 2.54. The molecular formula is C19H32N2O3. The van der Waals surface area contributed by atoms with Gasteiger partial charge in [-0.3, -0.25) is 9.59 Å². The van der Waals surface area contributed by atoms with Crippen molar-refractivity contribution < 1.29 is 14.3 Å². The fourth-order valence-corrected chi connectivity index (χ4v) is 5.63. The minimum absolute atomic E-state index is 0.00953. The molecule has 0 radical (unpaired) electrons. The summed E-state index contributed by atoms with van der Waals surface area (Å²) in [6.07, 6.45) is 8.43. The Hall–Kier alpha value is -1.10. The highest BCUT2D eigenvalue weighted by molar-refractivity contribution is 5.84. The fraction of sp³-hybridized carbons (Fsp3) is 0.895. The van der Waals surface area contributed by atoms with E-state index in [2.05, 4.69) is 10.6 Å². The first kappa shape index (κ1) is 17.7. The molecule has 4 fully saturated rings. The highest BCUT2D eigenvalue weighted by Crippen LogP contribution is 2.60. The molecule has 2 N–H and O–H groups in total. The lowest BCUT2D eigenvalue weighted by molar-refractivity contribution is -0.146. The smallest absolute Gasteiger partial charge is 0.226 e. The number of hydrogen-bond acceptors (Lipinski definition) is 3. The van der Waals surface area contributed by atoms with E-state index in [0.29, 0.717) is 19.6 Å². The summed E-state index contributed by atoms with van der Waals surface area (Å²) in [4.78, 5) is 24.8. The van der Waals surface area contributed by atoms with Gasteiger partial charge in [-0.2, -0.15) is 0 Å². The number of carbonyl (C=O) groups excluding carboxylic acids is 2. The Bertz CT molecular complexity index is 442. The van der Waals surface area contributed by atoms with Gasteiger partial charge in [0.25, 0.3) is 0 Å². The zero-order chi connectivity index (χ0) is 17.2. The lowest BCUT2D eigenvalue weighted by Gasteiger charge is -2.55. The number of amides is 2. The average Bonchev–Trinajstić information content (AvgIpc) is 2.53. The molecule has 136 valence electrons. The van der Waals surface area contributed by atoms with Crippen LogP contribution < -0.4 is 10.6 Å². The number of hydrogen-bond donors (Lipinski definition) is 2. The number of ether oxygens (including phenoxy) is 1. The van der Waals surface area contributed by atoms with Crippen LogP contribution in [0.2, 0.25) is 0 Å². The molecule has 4 rings (SSSR count). The van der Waals surface area contributed by atoms with E-state index >= 15 is 0 Å². The maximum atomic E-state index is 12.8. The van der Waals surface area contributed by atoms with Gasteiger partial charge in [-0.15, -0.1) is 0 Å². The van der Waals surface area contributed by atoms with Crippen LogP contribution in [0.4, 0.5) is 0 Å². The third kappa shape index (κ3) is 3.76. The van der Waals surface area contributed by atoms with Crippen LogP contribution in [0.5, 0.6) is 0 Å². The lowest BCUT2D eigenvalue weighted by atomic mass is 9.49. The van der Waals surface area contributed by atoms with Crippen molar-refractivity contribution in [1.29, 1.82) is 0 Å². The van der Waals surface area contributed by atoms with E-state index in [1.54, 1.807) is 7.11 Å². The monoisotopic (exact) mass is 336 g/mol. The second-order valence-corrected chi connectivity index (χ2v) is 8.33. The predicted octanol–water partition coefficient (Wildman–Crippen LogP) is 2.25. The van der Waals surface area contributed by atoms with Crippen molar-refractivity contribution in [3.63, 3.8) is 0 Å². The van der Waals surface area contributed by atoms with Crippen molar-refractivity contribution in [2.75, 3.05) is 20.3 Å². The number of methoxy groups -OCH3 is 1. The SMILES string of the molecule is CCC(COC)NC(=O)CCNC(=O)C12CC3CC(CC(C3)C1)C2. The van der Waals surface area contributed by atoms with Crippen LogP contribution in [0.1, 0.15) is 58.3 Å². The van der Waals surface area contributed by atoms with E-state index in [1.807, 2.05) is 6.92 Å². The standard InChI is InChI=1S/C19H32N2O3/c1-3-16(12-24-2)21-17(22)4-5-20-18(23)19-9-13-6-14(10-19)8-15(7-13)11-19/h13-16H,3-12H2,1-2H3,(H,20,23)(H,21,22). The minimum Gasteiger partial charge on any atom is -0.383 e. The first-order valence-electron chi connectivity index (χ1n) is 9.61. The summed E-state index contributed by atoms with van der Waals surface area (Å²) in [5, 5.41) is 6.02. The summed E-state index contributed by atoms with van der Waals surface area (Å²) in [6, 6.07) is 0.0568. The molecule has 0 aromatic carbocycles. The average molecular weight is 336 g/mol. The summed E-state index contributed by atoms with van der Waals surface area (Å²) in [6.45, 7) is 3.00. The Morgan fingerprint density at radius 1 is 1.12 bits per heavy atom. The molecule has 0 aromatic heterocycles. The molecule has 0 spiro atoms. The predicted molar refractivity (Wildman–Crippen MR) is 92.3 cm³/mol. The Morgan fingerprint density at radius 2 is 1.71 bits per heavy atom. The van der Waals surface area contributed by atoms with Gasteiger partial charge in [0.2, 0.25) is 11.8 Å². The molecule has 1 atom stereocenters. The minimum atomic E-state index is -0.118. The van der Waals surface area contributed by atoms with Crippen molar-refractivity contribution in [3.8, 4) is 0 Å². The highest BCUT2D eigenvalue weighted by atomic mass is 16.5. The molecule has 5 nitrogen and oxygen atoms in total. The molecule has 2 amide bonds. The van der Waals surface area contributed by atoms with E-state index < -0.39 is 0 Å². The van der Waals surface area contributed by atoms with E-state index in [1.165, 1.54) is 19.3 Å². The third-order valence-electron chi connectivity index (χ3n) is 6.38. The van der Waals surface area contributed by atoms with Crippen LogP contribution in [0.15, 0.2) is 0 Å². The summed E-state index contributed by atoms with van der Waals surface area (Å²) in [5.74, 6) is 2.50. The van der Waals surface area contributed by atoms with Gasteiger partial charge in [0.05, 0.1) is 12.6 Å². The fourth-order valence-electron chi connectivity index (χ4n) is 5.63. The van der Waals surface area contributed by atoms with Crippen LogP contribution >= 0.6 is 0 Å². The largest absolute Gasteiger partial charge is 0.383 e. The van der Waals surface area contributed by atoms with E-state index in [9.17, 15) is 9.59 Å². The summed E-state index contributed by atoms with van der Waals surface area (Å²) in [5.41, 5.74) is -0.118. The third-order valence-corrected chi connectivity index (χ3v) is 6.38. The Labute approximate surface area is 145 Å². The van der Waals surface area contributed by atoms with E-state index in [0.717, 1.165) is 43.4 Å². The lowest BCUT2D eigenvalue weighted by Crippen LogP contribution is -2.53. The molecule has 0 saturated heterocycles. The second-order valence-electron chi connectivity index (χ2n) is 8.33. The quantitative estimate of drug-likeness (QED) is 0.714. The number of nitrogens with one attached hydrogen (secondary N) is 2. The van der Waals surface area contributed by atoms with Crippen LogP contribution in [0.25, 0.3) is 0 Å². The van der Waals surface area contributed by atoms with Gasteiger partial charge in [0.1, 0.15) is 0 Å². The molecular weight excluding hydrogens is 304 g/mol. The van der Waals surface area contributed by atoms with Gasteiger partial charge in [0.15, 0.2) is 0 Å². The zero-order valence-corrected chi connectivity index (χ0v) is 15.1. The van der Waals surface area contributed by atoms with E-state index in [-0.39, 0.29) is 23.3 Å². The molecule has 0 heterocycles. The second kappa shape index (κ2) is 7.42. The summed E-state index contributed by atoms with van der Waals surface area (Å²) >= 11 is 0. The first-order chi connectivity index (χ1) is 11.5. The normalized spacial score (nSPS) is 34.8. The molecule has 1 unspecified atom stereocenters. The zero-order valence-electron chi connectivity index (χ0n) is 15.1. The van der Waals surface area contributed by atoms with Gasteiger partial charge in [-0.05, 0) is 62.7 Å². The van der Waals surface area contributed by atoms with Gasteiger partial charge in [0, 0.05) is 25.5 Å². The van der Waals surface area contributed by atoms with Crippen molar-refractivity contribution >= 4 is 11.8 Å². The van der Waals surface area contributed by atoms with Crippen LogP contribution in [-0.2, 0) is 14.3 Å². The van der Waals surface area contributed by atoms with Gasteiger partial charge >= 0.3 is 0 Å². The van der Waals surface area contributed by atoms with Crippen LogP contribution in [0, 0.1) is 23.2 Å². The van der Waals surface area contributed by atoms with Gasteiger partial charge in [-0.1, -0.05) is 6.92 Å². The first-order valence-corrected chi connectivity index (χ1v) is 9.61. The topological polar surface area (TPSA) is 67.4 Å². The van der Waals surface area contributed by atoms with Crippen molar-refractivity contribution in [3.05, 3.63) is 0 Å². The summed E-state index contributed by atoms with van der Waals surface area (Å²) in [7, 11) is 1.64. The Kier molecular flexibility index (Phi) is 5.48. The molecule has 24 heavy (non-hydrogen) atoms. The molecule has 4 bridgehead atoms. The van der Waals surface area contributed by atoms with Gasteiger partial charge in [-0.25, -0.2) is 0 Å². The number of carbonyl (C=O) groups is 2. The Morgan fingerprint density at radius 3 is 2.21 bits per heavy atom. The van der Waals surface area contributed by atoms with Crippen molar-refractivity contribution in [1.82, 2.24) is 10.6 Å². The molecule has 4 aliphatic carbocycles. The summed E-state index contributed by atoms with van der Waals surface area (Å²) < 4.78 is 5.09. The van der Waals surface area contributed by atoms with Gasteiger partial charge < -0.3 is 15.4 Å². The molecule has 4 saturated carbocycles. The molecule has 4 aliphatic rings. The Balaban J connectivity index is 1.44. The molecule has 5 heteroatoms. The maximum absolute atomic E-state index is 12.8. The maximum Gasteiger partial charge on any atom is 0.226 e. The van der Waals surface area contributed by atoms with E-state index in [4.69, 9.17) is 4.74 Å². The van der Waals surface area contributed by atoms with Crippen LogP contribution in [0.3, 0.4) is 0 Å². The van der Waals surface area contributed by atoms with Crippen molar-refractivity contribution in [2.24, 2.45) is 23.2 Å². The number of rotatable bonds is 8. The van der Waals surface area contributed by atoms with Crippen LogP contribution in [-0.4, -0.2) is 38.1 Å². The molecule has 0 aliphatic heterocycles. The molecule has 0 aromatic rings.